The van der Waals surface area contributed by atoms with Crippen molar-refractivity contribution in [3.8, 4) is 5.75 Å². The molecule has 2 atom stereocenters. The van der Waals surface area contributed by atoms with Crippen LogP contribution in [0.2, 0.25) is 0 Å². The number of aliphatic hydroxyl groups excluding tert-OH is 1. The van der Waals surface area contributed by atoms with Crippen molar-refractivity contribution in [3.05, 3.63) is 29.8 Å². The van der Waals surface area contributed by atoms with E-state index in [0.717, 1.165) is 12.3 Å². The van der Waals surface area contributed by atoms with Gasteiger partial charge in [0.2, 0.25) is 0 Å². The van der Waals surface area contributed by atoms with Crippen molar-refractivity contribution in [2.75, 3.05) is 33.9 Å². The first-order chi connectivity index (χ1) is 9.02. The van der Waals surface area contributed by atoms with Crippen molar-refractivity contribution in [2.24, 2.45) is 0 Å². The van der Waals surface area contributed by atoms with Crippen molar-refractivity contribution in [2.45, 2.75) is 25.9 Å². The lowest BCUT2D eigenvalue weighted by Crippen LogP contribution is -2.31. The number of likely N-dealkylation sites (N-methyl/N-ethyl adjacent to an activating group) is 1. The van der Waals surface area contributed by atoms with Crippen LogP contribution in [-0.2, 0) is 0 Å². The standard InChI is InChI=1S/C15H26N2O2/c1-12(11-18)16-13(2)14-5-7-15(8-6-14)19-10-9-17(3)4/h5-8,12-13,16,18H,9-11H2,1-4H3/t12-,13?/m1/s1. The molecule has 0 saturated heterocycles. The number of benzene rings is 1. The molecule has 0 amide bonds. The monoisotopic (exact) mass is 266 g/mol. The van der Waals surface area contributed by atoms with Gasteiger partial charge in [0.1, 0.15) is 12.4 Å². The molecule has 1 unspecified atom stereocenters. The minimum absolute atomic E-state index is 0.103. The molecular weight excluding hydrogens is 240 g/mol. The zero-order valence-electron chi connectivity index (χ0n) is 12.4. The van der Waals surface area contributed by atoms with Crippen LogP contribution in [0.1, 0.15) is 25.5 Å². The van der Waals surface area contributed by atoms with E-state index in [1.54, 1.807) is 0 Å². The highest BCUT2D eigenvalue weighted by Gasteiger charge is 2.08. The van der Waals surface area contributed by atoms with E-state index in [0.29, 0.717) is 6.61 Å². The van der Waals surface area contributed by atoms with E-state index in [1.165, 1.54) is 5.56 Å². The maximum absolute atomic E-state index is 9.03. The molecule has 108 valence electrons. The average Bonchev–Trinajstić information content (AvgIpc) is 2.38. The predicted molar refractivity (Wildman–Crippen MR) is 78.6 cm³/mol. The van der Waals surface area contributed by atoms with Gasteiger partial charge < -0.3 is 20.1 Å². The maximum atomic E-state index is 9.03. The Hall–Kier alpha value is -1.10. The van der Waals surface area contributed by atoms with Crippen molar-refractivity contribution in [1.82, 2.24) is 10.2 Å². The average molecular weight is 266 g/mol. The molecular formula is C15H26N2O2. The summed E-state index contributed by atoms with van der Waals surface area (Å²) in [4.78, 5) is 2.09. The van der Waals surface area contributed by atoms with Crippen molar-refractivity contribution >= 4 is 0 Å². The van der Waals surface area contributed by atoms with Gasteiger partial charge in [0.05, 0.1) is 6.61 Å². The van der Waals surface area contributed by atoms with E-state index in [9.17, 15) is 0 Å². The predicted octanol–water partition coefficient (Wildman–Crippen LogP) is 1.66. The molecule has 0 aromatic heterocycles. The molecule has 1 aromatic rings. The molecule has 0 aliphatic rings. The number of hydrogen-bond donors (Lipinski definition) is 2. The summed E-state index contributed by atoms with van der Waals surface area (Å²) in [5.74, 6) is 0.896. The van der Waals surface area contributed by atoms with Crippen LogP contribution in [-0.4, -0.2) is 49.9 Å². The number of hydrogen-bond acceptors (Lipinski definition) is 4. The van der Waals surface area contributed by atoms with E-state index >= 15 is 0 Å². The second-order valence-corrected chi connectivity index (χ2v) is 5.19. The van der Waals surface area contributed by atoms with Gasteiger partial charge in [0.25, 0.3) is 0 Å². The highest BCUT2D eigenvalue weighted by atomic mass is 16.5. The lowest BCUT2D eigenvalue weighted by atomic mass is 10.1. The van der Waals surface area contributed by atoms with Crippen LogP contribution in [0.25, 0.3) is 0 Å². The Morgan fingerprint density at radius 3 is 2.37 bits per heavy atom. The second kappa shape index (κ2) is 8.15. The van der Waals surface area contributed by atoms with Gasteiger partial charge in [-0.25, -0.2) is 0 Å². The highest BCUT2D eigenvalue weighted by Crippen LogP contribution is 2.18. The van der Waals surface area contributed by atoms with Crippen molar-refractivity contribution in [3.63, 3.8) is 0 Å². The van der Waals surface area contributed by atoms with Gasteiger partial charge >= 0.3 is 0 Å². The highest BCUT2D eigenvalue weighted by molar-refractivity contribution is 5.29. The van der Waals surface area contributed by atoms with Crippen LogP contribution in [0.3, 0.4) is 0 Å². The van der Waals surface area contributed by atoms with Crippen LogP contribution in [0.15, 0.2) is 24.3 Å². The normalized spacial score (nSPS) is 14.4. The fraction of sp³-hybridized carbons (Fsp3) is 0.600. The maximum Gasteiger partial charge on any atom is 0.119 e. The molecule has 0 saturated carbocycles. The Balaban J connectivity index is 2.46. The number of aliphatic hydroxyl groups is 1. The molecule has 0 radical (unpaired) electrons. The Morgan fingerprint density at radius 2 is 1.84 bits per heavy atom. The summed E-state index contributed by atoms with van der Waals surface area (Å²) in [6.45, 7) is 5.81. The van der Waals surface area contributed by atoms with Gasteiger partial charge in [0.15, 0.2) is 0 Å². The molecule has 1 aromatic carbocycles. The zero-order valence-corrected chi connectivity index (χ0v) is 12.4. The molecule has 0 fully saturated rings. The largest absolute Gasteiger partial charge is 0.492 e. The first-order valence-corrected chi connectivity index (χ1v) is 6.77. The van der Waals surface area contributed by atoms with E-state index in [1.807, 2.05) is 33.2 Å². The van der Waals surface area contributed by atoms with Crippen LogP contribution in [0.5, 0.6) is 5.75 Å². The number of nitrogens with zero attached hydrogens (tertiary/aromatic N) is 1. The fourth-order valence-electron chi connectivity index (χ4n) is 1.77. The molecule has 19 heavy (non-hydrogen) atoms. The van der Waals surface area contributed by atoms with E-state index < -0.39 is 0 Å². The number of ether oxygens (including phenoxy) is 1. The first kappa shape index (κ1) is 16.0. The summed E-state index contributed by atoms with van der Waals surface area (Å²) in [6, 6.07) is 8.43. The SMILES string of the molecule is CC(N[C@H](C)CO)c1ccc(OCCN(C)C)cc1. The van der Waals surface area contributed by atoms with Crippen molar-refractivity contribution in [1.29, 1.82) is 0 Å². The first-order valence-electron chi connectivity index (χ1n) is 6.77. The van der Waals surface area contributed by atoms with Crippen LogP contribution < -0.4 is 10.1 Å². The Kier molecular flexibility index (Phi) is 6.84. The summed E-state index contributed by atoms with van der Waals surface area (Å²) in [5.41, 5.74) is 1.19. The molecule has 2 N–H and O–H groups in total. The Bertz CT molecular complexity index is 352. The second-order valence-electron chi connectivity index (χ2n) is 5.19. The number of nitrogens with one attached hydrogen (secondary N) is 1. The Morgan fingerprint density at radius 1 is 1.21 bits per heavy atom. The van der Waals surface area contributed by atoms with Crippen LogP contribution in [0, 0.1) is 0 Å². The van der Waals surface area contributed by atoms with Gasteiger partial charge in [-0.15, -0.1) is 0 Å². The van der Waals surface area contributed by atoms with Gasteiger partial charge in [-0.2, -0.15) is 0 Å². The van der Waals surface area contributed by atoms with E-state index in [4.69, 9.17) is 9.84 Å². The van der Waals surface area contributed by atoms with E-state index in [-0.39, 0.29) is 18.7 Å². The smallest absolute Gasteiger partial charge is 0.119 e. The molecule has 1 rings (SSSR count). The molecule has 0 bridgehead atoms. The molecule has 4 heteroatoms. The molecule has 0 aliphatic carbocycles. The summed E-state index contributed by atoms with van der Waals surface area (Å²) >= 11 is 0. The van der Waals surface area contributed by atoms with Crippen molar-refractivity contribution < 1.29 is 9.84 Å². The third-order valence-corrected chi connectivity index (χ3v) is 3.00. The Labute approximate surface area is 116 Å². The van der Waals surface area contributed by atoms with E-state index in [2.05, 4.69) is 29.3 Å². The van der Waals surface area contributed by atoms with Gasteiger partial charge in [-0.1, -0.05) is 12.1 Å². The van der Waals surface area contributed by atoms with Gasteiger partial charge in [-0.3, -0.25) is 0 Å². The quantitative estimate of drug-likeness (QED) is 0.751. The van der Waals surface area contributed by atoms with Gasteiger partial charge in [0, 0.05) is 18.6 Å². The summed E-state index contributed by atoms with van der Waals surface area (Å²) in [5, 5.41) is 12.4. The molecule has 4 nitrogen and oxygen atoms in total. The minimum Gasteiger partial charge on any atom is -0.492 e. The van der Waals surface area contributed by atoms with Gasteiger partial charge in [-0.05, 0) is 45.6 Å². The summed E-state index contributed by atoms with van der Waals surface area (Å²) in [7, 11) is 4.06. The lowest BCUT2D eigenvalue weighted by molar-refractivity contribution is 0.243. The molecule has 0 heterocycles. The zero-order chi connectivity index (χ0) is 14.3. The summed E-state index contributed by atoms with van der Waals surface area (Å²) in [6.07, 6.45) is 0. The molecule has 0 aliphatic heterocycles. The third kappa shape index (κ3) is 6.05. The van der Waals surface area contributed by atoms with Crippen LogP contribution >= 0.6 is 0 Å². The molecule has 0 spiro atoms. The minimum atomic E-state index is 0.103. The topological polar surface area (TPSA) is 44.7 Å². The lowest BCUT2D eigenvalue weighted by Gasteiger charge is -2.19. The van der Waals surface area contributed by atoms with Crippen LogP contribution in [0.4, 0.5) is 0 Å². The number of rotatable bonds is 8. The fourth-order valence-corrected chi connectivity index (χ4v) is 1.77. The third-order valence-electron chi connectivity index (χ3n) is 3.00. The summed E-state index contributed by atoms with van der Waals surface area (Å²) < 4.78 is 5.65.